The van der Waals surface area contributed by atoms with Crippen LogP contribution >= 0.6 is 0 Å². The number of hydrogen-bond donors (Lipinski definition) is 1. The number of carboxylic acid groups (broad SMARTS) is 1. The molecule has 3 aliphatic rings. The van der Waals surface area contributed by atoms with Crippen LogP contribution in [-0.4, -0.2) is 52.8 Å². The maximum absolute atomic E-state index is 13.2. The molecule has 3 rings (SSSR count). The minimum absolute atomic E-state index is 0.0565. The highest BCUT2D eigenvalue weighted by molar-refractivity contribution is 6.03. The van der Waals surface area contributed by atoms with E-state index < -0.39 is 5.97 Å². The zero-order valence-corrected chi connectivity index (χ0v) is 15.7. The fourth-order valence-corrected chi connectivity index (χ4v) is 4.01. The summed E-state index contributed by atoms with van der Waals surface area (Å²) in [7, 11) is 1.70. The number of amides is 2. The van der Waals surface area contributed by atoms with Crippen molar-refractivity contribution in [2.45, 2.75) is 32.1 Å². The van der Waals surface area contributed by atoms with Gasteiger partial charge in [0.15, 0.2) is 0 Å². The Kier molecular flexibility index (Phi) is 5.63. The molecule has 2 aliphatic carbocycles. The monoisotopic (exact) mass is 370 g/mol. The van der Waals surface area contributed by atoms with E-state index in [-0.39, 0.29) is 30.2 Å². The van der Waals surface area contributed by atoms with Gasteiger partial charge in [-0.2, -0.15) is 0 Å². The zero-order chi connectivity index (χ0) is 19.6. The molecule has 1 heterocycles. The Balaban J connectivity index is 1.78. The van der Waals surface area contributed by atoms with Crippen LogP contribution in [-0.2, 0) is 14.4 Å². The molecule has 0 radical (unpaired) electrons. The quantitative estimate of drug-likeness (QED) is 0.825. The van der Waals surface area contributed by atoms with Crippen LogP contribution in [0.15, 0.2) is 47.7 Å². The van der Waals surface area contributed by atoms with Gasteiger partial charge in [-0.3, -0.25) is 14.4 Å². The van der Waals surface area contributed by atoms with Gasteiger partial charge < -0.3 is 14.9 Å². The first kappa shape index (κ1) is 19.1. The largest absolute Gasteiger partial charge is 0.481 e. The summed E-state index contributed by atoms with van der Waals surface area (Å²) >= 11 is 0. The summed E-state index contributed by atoms with van der Waals surface area (Å²) in [5.74, 6) is -1.02. The lowest BCUT2D eigenvalue weighted by atomic mass is 9.82. The second-order valence-electron chi connectivity index (χ2n) is 7.51. The van der Waals surface area contributed by atoms with Gasteiger partial charge in [0.1, 0.15) is 6.54 Å². The van der Waals surface area contributed by atoms with Gasteiger partial charge in [-0.15, -0.1) is 0 Å². The van der Waals surface area contributed by atoms with Crippen LogP contribution in [0, 0.1) is 11.8 Å². The molecular formula is C21H26N2O4. The summed E-state index contributed by atoms with van der Waals surface area (Å²) in [6.45, 7) is 4.33. The fraction of sp³-hybridized carbons (Fsp3) is 0.476. The van der Waals surface area contributed by atoms with Crippen LogP contribution in [0.4, 0.5) is 0 Å². The van der Waals surface area contributed by atoms with Crippen molar-refractivity contribution in [3.8, 4) is 0 Å². The SMILES string of the molecule is C=CC1=CC=C2C(=CC1)C(=O)N(CC1CCC(C(=O)O)CC1)CC(=O)N2C. The maximum Gasteiger partial charge on any atom is 0.306 e. The Morgan fingerprint density at radius 3 is 2.59 bits per heavy atom. The van der Waals surface area contributed by atoms with Crippen molar-refractivity contribution in [3.05, 3.63) is 47.7 Å². The summed E-state index contributed by atoms with van der Waals surface area (Å²) in [6.07, 6.45) is 10.8. The number of carbonyl (C=O) groups excluding carboxylic acids is 2. The molecule has 6 heteroatoms. The lowest BCUT2D eigenvalue weighted by molar-refractivity contribution is -0.143. The molecule has 1 saturated carbocycles. The number of fused-ring (bicyclic) bond motifs is 1. The van der Waals surface area contributed by atoms with E-state index in [1.54, 1.807) is 22.9 Å². The normalized spacial score (nSPS) is 26.3. The number of hydrogen-bond acceptors (Lipinski definition) is 3. The van der Waals surface area contributed by atoms with Crippen LogP contribution in [0.3, 0.4) is 0 Å². The molecule has 1 saturated heterocycles. The van der Waals surface area contributed by atoms with Crippen molar-refractivity contribution in [1.82, 2.24) is 9.80 Å². The third-order valence-corrected chi connectivity index (χ3v) is 5.79. The first-order chi connectivity index (χ1) is 12.9. The predicted octanol–water partition coefficient (Wildman–Crippen LogP) is 2.50. The molecule has 0 unspecified atom stereocenters. The lowest BCUT2D eigenvalue weighted by Crippen LogP contribution is -2.40. The minimum atomic E-state index is -0.736. The fourth-order valence-electron chi connectivity index (χ4n) is 4.01. The molecule has 0 bridgehead atoms. The summed E-state index contributed by atoms with van der Waals surface area (Å²) < 4.78 is 0. The van der Waals surface area contributed by atoms with Gasteiger partial charge in [0.25, 0.3) is 5.91 Å². The molecule has 27 heavy (non-hydrogen) atoms. The van der Waals surface area contributed by atoms with E-state index in [0.29, 0.717) is 37.1 Å². The van der Waals surface area contributed by atoms with Gasteiger partial charge in [-0.25, -0.2) is 0 Å². The Hall–Kier alpha value is -2.63. The second kappa shape index (κ2) is 7.94. The lowest BCUT2D eigenvalue weighted by Gasteiger charge is -2.30. The standard InChI is InChI=1S/C21H26N2O4/c1-3-14-6-10-17-18(11-7-14)22(2)19(24)13-23(20(17)25)12-15-4-8-16(9-5-15)21(26)27/h3,7,10-11,15-16H,1,4-6,8-9,12-13H2,2H3,(H,26,27). The Labute approximate surface area is 159 Å². The number of likely N-dealkylation sites (N-methyl/N-ethyl adjacent to an activating group) is 1. The van der Waals surface area contributed by atoms with E-state index in [9.17, 15) is 14.4 Å². The van der Waals surface area contributed by atoms with Crippen LogP contribution < -0.4 is 0 Å². The third kappa shape index (κ3) is 4.04. The van der Waals surface area contributed by atoms with E-state index >= 15 is 0 Å². The van der Waals surface area contributed by atoms with Gasteiger partial charge >= 0.3 is 5.97 Å². The zero-order valence-electron chi connectivity index (χ0n) is 15.7. The molecule has 2 fully saturated rings. The molecule has 1 aliphatic heterocycles. The minimum Gasteiger partial charge on any atom is -0.481 e. The van der Waals surface area contributed by atoms with E-state index in [0.717, 1.165) is 18.4 Å². The summed E-state index contributed by atoms with van der Waals surface area (Å²) in [5.41, 5.74) is 2.17. The number of carboxylic acids is 1. The smallest absolute Gasteiger partial charge is 0.306 e. The van der Waals surface area contributed by atoms with E-state index in [2.05, 4.69) is 6.58 Å². The highest BCUT2D eigenvalue weighted by Gasteiger charge is 2.35. The Bertz CT molecular complexity index is 754. The number of allylic oxidation sites excluding steroid dienone is 5. The average Bonchev–Trinajstić information content (AvgIpc) is 2.92. The molecule has 0 aromatic heterocycles. The molecule has 0 aromatic carbocycles. The van der Waals surface area contributed by atoms with Crippen molar-refractivity contribution < 1.29 is 19.5 Å². The van der Waals surface area contributed by atoms with Gasteiger partial charge in [0.2, 0.25) is 5.91 Å². The summed E-state index contributed by atoms with van der Waals surface area (Å²) in [5, 5.41) is 9.15. The molecule has 0 atom stereocenters. The number of carbonyl (C=O) groups is 3. The predicted molar refractivity (Wildman–Crippen MR) is 101 cm³/mol. The molecule has 6 nitrogen and oxygen atoms in total. The van der Waals surface area contributed by atoms with Crippen LogP contribution in [0.1, 0.15) is 32.1 Å². The molecule has 2 amide bonds. The van der Waals surface area contributed by atoms with Crippen molar-refractivity contribution in [3.63, 3.8) is 0 Å². The van der Waals surface area contributed by atoms with E-state index in [1.807, 2.05) is 18.2 Å². The number of nitrogens with zero attached hydrogens (tertiary/aromatic N) is 2. The summed E-state index contributed by atoms with van der Waals surface area (Å²) in [4.78, 5) is 40.1. The van der Waals surface area contributed by atoms with Crippen LogP contribution in [0.2, 0.25) is 0 Å². The van der Waals surface area contributed by atoms with Crippen molar-refractivity contribution in [2.75, 3.05) is 20.1 Å². The second-order valence-corrected chi connectivity index (χ2v) is 7.51. The molecule has 1 N–H and O–H groups in total. The topological polar surface area (TPSA) is 77.9 Å². The highest BCUT2D eigenvalue weighted by atomic mass is 16.4. The molecule has 144 valence electrons. The van der Waals surface area contributed by atoms with Gasteiger partial charge in [-0.05, 0) is 49.7 Å². The van der Waals surface area contributed by atoms with Gasteiger partial charge in [-0.1, -0.05) is 24.8 Å². The van der Waals surface area contributed by atoms with E-state index in [1.165, 1.54) is 0 Å². The Morgan fingerprint density at radius 1 is 1.26 bits per heavy atom. The van der Waals surface area contributed by atoms with Crippen molar-refractivity contribution >= 4 is 17.8 Å². The first-order valence-electron chi connectivity index (χ1n) is 9.43. The highest BCUT2D eigenvalue weighted by Crippen LogP contribution is 2.31. The third-order valence-electron chi connectivity index (χ3n) is 5.79. The molecular weight excluding hydrogens is 344 g/mol. The molecule has 0 spiro atoms. The van der Waals surface area contributed by atoms with Gasteiger partial charge in [0.05, 0.1) is 17.2 Å². The molecule has 0 aromatic rings. The van der Waals surface area contributed by atoms with Crippen LogP contribution in [0.25, 0.3) is 0 Å². The maximum atomic E-state index is 13.2. The van der Waals surface area contributed by atoms with Crippen molar-refractivity contribution in [2.24, 2.45) is 11.8 Å². The van der Waals surface area contributed by atoms with E-state index in [4.69, 9.17) is 5.11 Å². The summed E-state index contributed by atoms with van der Waals surface area (Å²) in [6, 6.07) is 0. The average molecular weight is 370 g/mol. The Morgan fingerprint density at radius 2 is 1.96 bits per heavy atom. The number of rotatable bonds is 4. The van der Waals surface area contributed by atoms with Crippen LogP contribution in [0.5, 0.6) is 0 Å². The first-order valence-corrected chi connectivity index (χ1v) is 9.43. The van der Waals surface area contributed by atoms with Crippen molar-refractivity contribution in [1.29, 1.82) is 0 Å². The van der Waals surface area contributed by atoms with Gasteiger partial charge in [0, 0.05) is 13.6 Å². The number of aliphatic carboxylic acids is 1.